The maximum absolute atomic E-state index is 12.0. The zero-order valence-electron chi connectivity index (χ0n) is 10.7. The molecule has 98 valence electrons. The Balaban J connectivity index is 1.75. The minimum absolute atomic E-state index is 0.167. The molecule has 2 rings (SSSR count). The third-order valence-corrected chi connectivity index (χ3v) is 3.73. The summed E-state index contributed by atoms with van der Waals surface area (Å²) in [5, 5.41) is 9.95. The number of ether oxygens (including phenoxy) is 1. The summed E-state index contributed by atoms with van der Waals surface area (Å²) in [6.07, 6.45) is 5.58. The number of piperidine rings is 1. The molecule has 1 amide bonds. The number of aliphatic hydroxyl groups is 1. The molecule has 17 heavy (non-hydrogen) atoms. The van der Waals surface area contributed by atoms with Crippen LogP contribution in [0.15, 0.2) is 0 Å². The zero-order valence-corrected chi connectivity index (χ0v) is 10.7. The van der Waals surface area contributed by atoms with Gasteiger partial charge >= 0.3 is 0 Å². The number of amides is 1. The highest BCUT2D eigenvalue weighted by atomic mass is 16.5. The predicted octanol–water partition coefficient (Wildman–Crippen LogP) is 1.32. The van der Waals surface area contributed by atoms with E-state index < -0.39 is 5.60 Å². The number of nitrogens with zero attached hydrogens (tertiary/aromatic N) is 1. The lowest BCUT2D eigenvalue weighted by Gasteiger charge is -2.37. The van der Waals surface area contributed by atoms with Gasteiger partial charge in [-0.1, -0.05) is 0 Å². The molecule has 2 heterocycles. The van der Waals surface area contributed by atoms with Crippen LogP contribution in [-0.2, 0) is 9.53 Å². The van der Waals surface area contributed by atoms with Crippen LogP contribution in [-0.4, -0.2) is 47.3 Å². The Morgan fingerprint density at radius 3 is 3.00 bits per heavy atom. The first-order chi connectivity index (χ1) is 8.07. The lowest BCUT2D eigenvalue weighted by atomic mass is 9.95. The maximum atomic E-state index is 12.0. The van der Waals surface area contributed by atoms with Gasteiger partial charge in [-0.05, 0) is 39.0 Å². The van der Waals surface area contributed by atoms with E-state index in [9.17, 15) is 9.90 Å². The zero-order chi connectivity index (χ0) is 12.3. The summed E-state index contributed by atoms with van der Waals surface area (Å²) in [7, 11) is 0. The predicted molar refractivity (Wildman–Crippen MR) is 64.6 cm³/mol. The van der Waals surface area contributed by atoms with Gasteiger partial charge in [-0.25, -0.2) is 0 Å². The van der Waals surface area contributed by atoms with E-state index in [2.05, 4.69) is 0 Å². The minimum Gasteiger partial charge on any atom is -0.388 e. The standard InChI is InChI=1S/C13H23NO3/c1-13(16)7-3-8-14(10-13)12(15)6-5-11-4-2-9-17-11/h11,16H,2-10H2,1H3. The van der Waals surface area contributed by atoms with E-state index in [1.165, 1.54) is 0 Å². The molecule has 4 heteroatoms. The van der Waals surface area contributed by atoms with Crippen LogP contribution in [0.3, 0.4) is 0 Å². The first-order valence-electron chi connectivity index (χ1n) is 6.69. The third-order valence-electron chi connectivity index (χ3n) is 3.73. The van der Waals surface area contributed by atoms with Crippen LogP contribution >= 0.6 is 0 Å². The number of rotatable bonds is 3. The van der Waals surface area contributed by atoms with Gasteiger partial charge in [0.2, 0.25) is 5.91 Å². The Kier molecular flexibility index (Phi) is 4.05. The van der Waals surface area contributed by atoms with Crippen LogP contribution < -0.4 is 0 Å². The second-order valence-electron chi connectivity index (χ2n) is 5.59. The number of hydrogen-bond donors (Lipinski definition) is 1. The number of carbonyl (C=O) groups excluding carboxylic acids is 1. The average Bonchev–Trinajstić information content (AvgIpc) is 2.77. The molecule has 1 N–H and O–H groups in total. The smallest absolute Gasteiger partial charge is 0.222 e. The maximum Gasteiger partial charge on any atom is 0.222 e. The molecule has 0 radical (unpaired) electrons. The van der Waals surface area contributed by atoms with E-state index in [0.29, 0.717) is 13.0 Å². The molecule has 0 aromatic heterocycles. The molecular weight excluding hydrogens is 218 g/mol. The molecule has 2 saturated heterocycles. The number of β-amino-alcohol motifs (C(OH)–C–C–N with tert-alkyl or cyclic N) is 1. The van der Waals surface area contributed by atoms with Crippen molar-refractivity contribution in [2.45, 2.75) is 57.2 Å². The van der Waals surface area contributed by atoms with Crippen molar-refractivity contribution in [1.29, 1.82) is 0 Å². The van der Waals surface area contributed by atoms with Gasteiger partial charge in [0.25, 0.3) is 0 Å². The van der Waals surface area contributed by atoms with Crippen molar-refractivity contribution < 1.29 is 14.6 Å². The summed E-state index contributed by atoms with van der Waals surface area (Å²) >= 11 is 0. The van der Waals surface area contributed by atoms with Crippen molar-refractivity contribution in [3.8, 4) is 0 Å². The van der Waals surface area contributed by atoms with Crippen molar-refractivity contribution >= 4 is 5.91 Å². The molecule has 0 aromatic rings. The summed E-state index contributed by atoms with van der Waals surface area (Å²) < 4.78 is 5.51. The van der Waals surface area contributed by atoms with Gasteiger partial charge in [0.1, 0.15) is 0 Å². The number of carbonyl (C=O) groups is 1. The van der Waals surface area contributed by atoms with Crippen LogP contribution in [0.25, 0.3) is 0 Å². The topological polar surface area (TPSA) is 49.8 Å². The molecule has 0 saturated carbocycles. The van der Waals surface area contributed by atoms with Gasteiger partial charge in [-0.15, -0.1) is 0 Å². The van der Waals surface area contributed by atoms with Gasteiger partial charge in [-0.3, -0.25) is 4.79 Å². The number of hydrogen-bond acceptors (Lipinski definition) is 3. The molecule has 2 unspecified atom stereocenters. The molecule has 2 fully saturated rings. The molecule has 0 bridgehead atoms. The average molecular weight is 241 g/mol. The summed E-state index contributed by atoms with van der Waals surface area (Å²) in [5.41, 5.74) is -0.697. The quantitative estimate of drug-likeness (QED) is 0.810. The first kappa shape index (κ1) is 12.8. The van der Waals surface area contributed by atoms with Crippen molar-refractivity contribution in [2.24, 2.45) is 0 Å². The van der Waals surface area contributed by atoms with E-state index in [0.717, 1.165) is 45.3 Å². The van der Waals surface area contributed by atoms with Crippen LogP contribution in [0.5, 0.6) is 0 Å². The molecular formula is C13H23NO3. The highest BCUT2D eigenvalue weighted by molar-refractivity contribution is 5.76. The van der Waals surface area contributed by atoms with E-state index in [-0.39, 0.29) is 12.0 Å². The Labute approximate surface area is 103 Å². The van der Waals surface area contributed by atoms with Crippen molar-refractivity contribution in [2.75, 3.05) is 19.7 Å². The molecule has 2 aliphatic heterocycles. The second-order valence-corrected chi connectivity index (χ2v) is 5.59. The fraction of sp³-hybridized carbons (Fsp3) is 0.923. The molecule has 0 aromatic carbocycles. The SMILES string of the molecule is CC1(O)CCCN(C(=O)CCC2CCCO2)C1. The van der Waals surface area contributed by atoms with E-state index in [1.807, 2.05) is 6.92 Å². The highest BCUT2D eigenvalue weighted by Crippen LogP contribution is 2.22. The Bertz CT molecular complexity index is 272. The normalized spacial score (nSPS) is 34.0. The second kappa shape index (κ2) is 5.36. The Morgan fingerprint density at radius 1 is 1.53 bits per heavy atom. The lowest BCUT2D eigenvalue weighted by molar-refractivity contribution is -0.138. The van der Waals surface area contributed by atoms with Gasteiger partial charge in [0.05, 0.1) is 11.7 Å². The van der Waals surface area contributed by atoms with Crippen molar-refractivity contribution in [3.63, 3.8) is 0 Å². The summed E-state index contributed by atoms with van der Waals surface area (Å²) in [5.74, 6) is 0.167. The summed E-state index contributed by atoms with van der Waals surface area (Å²) in [6, 6.07) is 0. The van der Waals surface area contributed by atoms with E-state index in [4.69, 9.17) is 4.74 Å². The molecule has 2 atom stereocenters. The number of likely N-dealkylation sites (tertiary alicyclic amines) is 1. The van der Waals surface area contributed by atoms with Crippen LogP contribution in [0.4, 0.5) is 0 Å². The molecule has 4 nitrogen and oxygen atoms in total. The van der Waals surface area contributed by atoms with Crippen LogP contribution in [0.1, 0.15) is 45.4 Å². The van der Waals surface area contributed by atoms with E-state index in [1.54, 1.807) is 4.90 Å². The van der Waals surface area contributed by atoms with Gasteiger partial charge in [0, 0.05) is 26.1 Å². The van der Waals surface area contributed by atoms with Gasteiger partial charge in [-0.2, -0.15) is 0 Å². The first-order valence-corrected chi connectivity index (χ1v) is 6.69. The lowest BCUT2D eigenvalue weighted by Crippen LogP contribution is -2.48. The fourth-order valence-corrected chi connectivity index (χ4v) is 2.75. The molecule has 0 spiro atoms. The van der Waals surface area contributed by atoms with Crippen molar-refractivity contribution in [3.05, 3.63) is 0 Å². The Hall–Kier alpha value is -0.610. The van der Waals surface area contributed by atoms with Crippen LogP contribution in [0.2, 0.25) is 0 Å². The third kappa shape index (κ3) is 3.68. The summed E-state index contributed by atoms with van der Waals surface area (Å²) in [4.78, 5) is 13.8. The minimum atomic E-state index is -0.697. The van der Waals surface area contributed by atoms with Gasteiger partial charge < -0.3 is 14.7 Å². The fourth-order valence-electron chi connectivity index (χ4n) is 2.75. The Morgan fingerprint density at radius 2 is 2.35 bits per heavy atom. The largest absolute Gasteiger partial charge is 0.388 e. The van der Waals surface area contributed by atoms with E-state index >= 15 is 0 Å². The van der Waals surface area contributed by atoms with Crippen molar-refractivity contribution in [1.82, 2.24) is 4.90 Å². The molecule has 2 aliphatic rings. The summed E-state index contributed by atoms with van der Waals surface area (Å²) in [6.45, 7) is 3.93. The highest BCUT2D eigenvalue weighted by Gasteiger charge is 2.31. The molecule has 0 aliphatic carbocycles. The van der Waals surface area contributed by atoms with Crippen LogP contribution in [0, 0.1) is 0 Å². The van der Waals surface area contributed by atoms with Gasteiger partial charge in [0.15, 0.2) is 0 Å². The monoisotopic (exact) mass is 241 g/mol.